The molecule has 1 aliphatic heterocycles. The lowest BCUT2D eigenvalue weighted by Gasteiger charge is -2.25. The van der Waals surface area contributed by atoms with Crippen molar-refractivity contribution in [2.24, 2.45) is 11.3 Å². The van der Waals surface area contributed by atoms with E-state index >= 15 is 0 Å². The number of carbonyl (C=O) groups excluding carboxylic acids is 2. The summed E-state index contributed by atoms with van der Waals surface area (Å²) in [7, 11) is 3.52. The summed E-state index contributed by atoms with van der Waals surface area (Å²) in [5, 5.41) is 3.39. The predicted octanol–water partition coefficient (Wildman–Crippen LogP) is 2.15. The third-order valence-corrected chi connectivity index (χ3v) is 5.05. The lowest BCUT2D eigenvalue weighted by molar-refractivity contribution is -0.127. The van der Waals surface area contributed by atoms with Crippen LogP contribution in [0.5, 0.6) is 0 Å². The first-order chi connectivity index (χ1) is 9.85. The van der Waals surface area contributed by atoms with E-state index in [2.05, 4.69) is 25.2 Å². The van der Waals surface area contributed by atoms with Crippen molar-refractivity contribution in [3.63, 3.8) is 0 Å². The lowest BCUT2D eigenvalue weighted by atomic mass is 9.91. The summed E-state index contributed by atoms with van der Waals surface area (Å²) in [5.74, 6) is 0.278. The highest BCUT2D eigenvalue weighted by Gasteiger charge is 2.50. The van der Waals surface area contributed by atoms with Crippen LogP contribution in [-0.2, 0) is 11.2 Å². The van der Waals surface area contributed by atoms with Crippen molar-refractivity contribution in [2.75, 3.05) is 14.1 Å². The molecule has 0 spiro atoms. The van der Waals surface area contributed by atoms with Crippen LogP contribution in [0.4, 0.5) is 0 Å². The molecule has 2 unspecified atom stereocenters. The van der Waals surface area contributed by atoms with E-state index < -0.39 is 0 Å². The van der Waals surface area contributed by atoms with Crippen molar-refractivity contribution in [1.82, 2.24) is 10.2 Å². The zero-order chi connectivity index (χ0) is 15.4. The van der Waals surface area contributed by atoms with E-state index in [0.29, 0.717) is 23.3 Å². The molecule has 1 aromatic rings. The molecule has 2 aliphatic rings. The molecule has 1 aliphatic carbocycles. The molecule has 0 bridgehead atoms. The van der Waals surface area contributed by atoms with Crippen LogP contribution in [-0.4, -0.2) is 30.8 Å². The van der Waals surface area contributed by atoms with Crippen LogP contribution in [0.1, 0.15) is 47.8 Å². The molecule has 0 radical (unpaired) electrons. The van der Waals surface area contributed by atoms with Crippen molar-refractivity contribution in [1.29, 1.82) is 0 Å². The third-order valence-electron chi connectivity index (χ3n) is 5.05. The molecule has 3 rings (SSSR count). The molecule has 2 amide bonds. The van der Waals surface area contributed by atoms with E-state index in [1.165, 1.54) is 11.3 Å². The minimum Gasteiger partial charge on any atom is -0.313 e. The van der Waals surface area contributed by atoms with Crippen LogP contribution < -0.4 is 5.32 Å². The molecule has 4 heteroatoms. The predicted molar refractivity (Wildman–Crippen MR) is 80.9 cm³/mol. The number of benzene rings is 1. The van der Waals surface area contributed by atoms with Crippen LogP contribution in [0.2, 0.25) is 0 Å². The van der Waals surface area contributed by atoms with Gasteiger partial charge in [0, 0.05) is 18.7 Å². The van der Waals surface area contributed by atoms with E-state index in [1.54, 1.807) is 7.05 Å². The second-order valence-corrected chi connectivity index (χ2v) is 6.92. The molecular weight excluding hydrogens is 264 g/mol. The molecule has 1 N–H and O–H groups in total. The van der Waals surface area contributed by atoms with E-state index in [9.17, 15) is 9.59 Å². The molecule has 1 aromatic carbocycles. The summed E-state index contributed by atoms with van der Waals surface area (Å²) >= 11 is 0. The van der Waals surface area contributed by atoms with Gasteiger partial charge < -0.3 is 5.32 Å². The second-order valence-electron chi connectivity index (χ2n) is 6.92. The molecule has 0 saturated heterocycles. The highest BCUT2D eigenvalue weighted by atomic mass is 16.2. The van der Waals surface area contributed by atoms with Gasteiger partial charge in [0.15, 0.2) is 0 Å². The molecule has 1 fully saturated rings. The van der Waals surface area contributed by atoms with Gasteiger partial charge in [-0.05, 0) is 42.0 Å². The summed E-state index contributed by atoms with van der Waals surface area (Å²) in [6.45, 7) is 4.55. The monoisotopic (exact) mass is 286 g/mol. The van der Waals surface area contributed by atoms with Gasteiger partial charge in [0.1, 0.15) is 0 Å². The Labute approximate surface area is 125 Å². The van der Waals surface area contributed by atoms with Crippen LogP contribution in [0, 0.1) is 11.3 Å². The van der Waals surface area contributed by atoms with Crippen molar-refractivity contribution < 1.29 is 9.59 Å². The van der Waals surface area contributed by atoms with E-state index in [-0.39, 0.29) is 17.9 Å². The van der Waals surface area contributed by atoms with Gasteiger partial charge in [0.05, 0.1) is 6.42 Å². The minimum atomic E-state index is -0.187. The number of fused-ring (bicyclic) bond motifs is 1. The molecule has 1 heterocycles. The van der Waals surface area contributed by atoms with Gasteiger partial charge in [-0.25, -0.2) is 0 Å². The summed E-state index contributed by atoms with van der Waals surface area (Å²) < 4.78 is 0. The van der Waals surface area contributed by atoms with Gasteiger partial charge >= 0.3 is 0 Å². The lowest BCUT2D eigenvalue weighted by Crippen LogP contribution is -2.39. The molecule has 21 heavy (non-hydrogen) atoms. The van der Waals surface area contributed by atoms with E-state index in [1.807, 2.05) is 19.2 Å². The number of nitrogens with zero attached hydrogens (tertiary/aromatic N) is 1. The first kappa shape index (κ1) is 14.3. The van der Waals surface area contributed by atoms with Crippen LogP contribution >= 0.6 is 0 Å². The maximum absolute atomic E-state index is 12.3. The van der Waals surface area contributed by atoms with Crippen molar-refractivity contribution in [3.8, 4) is 0 Å². The number of nitrogens with one attached hydrogen (secondary N) is 1. The zero-order valence-electron chi connectivity index (χ0n) is 13.1. The minimum absolute atomic E-state index is 0.131. The van der Waals surface area contributed by atoms with Crippen LogP contribution in [0.15, 0.2) is 18.2 Å². The quantitative estimate of drug-likeness (QED) is 0.866. The number of carbonyl (C=O) groups is 2. The van der Waals surface area contributed by atoms with Crippen molar-refractivity contribution >= 4 is 11.8 Å². The molecule has 0 aromatic heterocycles. The Bertz CT molecular complexity index is 621. The van der Waals surface area contributed by atoms with Gasteiger partial charge in [-0.3, -0.25) is 14.5 Å². The summed E-state index contributed by atoms with van der Waals surface area (Å²) in [4.78, 5) is 25.2. The van der Waals surface area contributed by atoms with Crippen molar-refractivity contribution in [2.45, 2.75) is 32.7 Å². The summed E-state index contributed by atoms with van der Waals surface area (Å²) in [5.41, 5.74) is 3.02. The smallest absolute Gasteiger partial charge is 0.260 e. The average molecular weight is 286 g/mol. The number of hydrogen-bond acceptors (Lipinski definition) is 3. The Kier molecular flexibility index (Phi) is 3.17. The highest BCUT2D eigenvalue weighted by molar-refractivity contribution is 6.09. The fourth-order valence-electron chi connectivity index (χ4n) is 3.39. The largest absolute Gasteiger partial charge is 0.313 e. The Hall–Kier alpha value is -1.68. The van der Waals surface area contributed by atoms with Gasteiger partial charge in [0.2, 0.25) is 5.91 Å². The Balaban J connectivity index is 1.96. The standard InChI is InChI=1S/C17H22N2O2/c1-17(2)9-13(17)15(18-3)11-6-5-10-8-14(20)19(4)16(21)12(10)7-11/h5-7,13,15,18H,8-9H2,1-4H3. The summed E-state index contributed by atoms with van der Waals surface area (Å²) in [6, 6.07) is 6.23. The molecular formula is C17H22N2O2. The fraction of sp³-hybridized carbons (Fsp3) is 0.529. The van der Waals surface area contributed by atoms with Gasteiger partial charge in [-0.15, -0.1) is 0 Å². The van der Waals surface area contributed by atoms with Crippen molar-refractivity contribution in [3.05, 3.63) is 34.9 Å². The molecule has 1 saturated carbocycles. The van der Waals surface area contributed by atoms with E-state index in [4.69, 9.17) is 0 Å². The van der Waals surface area contributed by atoms with E-state index in [0.717, 1.165) is 11.1 Å². The second kappa shape index (κ2) is 4.67. The first-order valence-electron chi connectivity index (χ1n) is 7.46. The summed E-state index contributed by atoms with van der Waals surface area (Å²) in [6.07, 6.45) is 1.51. The molecule has 112 valence electrons. The fourth-order valence-corrected chi connectivity index (χ4v) is 3.39. The Morgan fingerprint density at radius 3 is 2.57 bits per heavy atom. The maximum atomic E-state index is 12.3. The van der Waals surface area contributed by atoms with Crippen LogP contribution in [0.3, 0.4) is 0 Å². The van der Waals surface area contributed by atoms with Gasteiger partial charge in [0.25, 0.3) is 5.91 Å². The number of hydrogen-bond donors (Lipinski definition) is 1. The SMILES string of the molecule is CNC(c1ccc2c(c1)C(=O)N(C)C(=O)C2)C1CC1(C)C. The molecule has 2 atom stereocenters. The number of imide groups is 1. The topological polar surface area (TPSA) is 49.4 Å². The zero-order valence-corrected chi connectivity index (χ0v) is 13.1. The average Bonchev–Trinajstić information content (AvgIpc) is 3.06. The van der Waals surface area contributed by atoms with Gasteiger partial charge in [-0.1, -0.05) is 26.0 Å². The maximum Gasteiger partial charge on any atom is 0.260 e. The first-order valence-corrected chi connectivity index (χ1v) is 7.46. The Morgan fingerprint density at radius 1 is 1.33 bits per heavy atom. The third kappa shape index (κ3) is 2.27. The number of likely N-dealkylation sites (N-methyl/N-ethyl adjacent to an activating group) is 1. The number of rotatable bonds is 3. The normalized spacial score (nSPS) is 24.8. The Morgan fingerprint density at radius 2 is 2.00 bits per heavy atom. The van der Waals surface area contributed by atoms with Crippen LogP contribution in [0.25, 0.3) is 0 Å². The molecule has 4 nitrogen and oxygen atoms in total. The highest BCUT2D eigenvalue weighted by Crippen LogP contribution is 2.57. The van der Waals surface area contributed by atoms with Gasteiger partial charge in [-0.2, -0.15) is 0 Å². The number of amides is 2.